The fourth-order valence-electron chi connectivity index (χ4n) is 3.83. The van der Waals surface area contributed by atoms with Gasteiger partial charge < -0.3 is 14.7 Å². The van der Waals surface area contributed by atoms with Crippen LogP contribution in [0.5, 0.6) is 0 Å². The predicted octanol–water partition coefficient (Wildman–Crippen LogP) is 2.57. The Hall–Kier alpha value is -2.92. The van der Waals surface area contributed by atoms with Crippen molar-refractivity contribution in [2.75, 3.05) is 51.1 Å². The highest BCUT2D eigenvalue weighted by molar-refractivity contribution is 5.76. The number of likely N-dealkylation sites (N-methyl/N-ethyl adjacent to an activating group) is 3. The summed E-state index contributed by atoms with van der Waals surface area (Å²) in [5.74, 6) is 0. The molecule has 0 saturated carbocycles. The van der Waals surface area contributed by atoms with Gasteiger partial charge in [0.15, 0.2) is 0 Å². The molecule has 0 aliphatic heterocycles. The number of anilines is 2. The summed E-state index contributed by atoms with van der Waals surface area (Å²) in [5.41, 5.74) is 2.79. The van der Waals surface area contributed by atoms with E-state index in [1.54, 1.807) is 0 Å². The van der Waals surface area contributed by atoms with Crippen LogP contribution in [0.1, 0.15) is 11.1 Å². The van der Waals surface area contributed by atoms with Gasteiger partial charge in [-0.3, -0.25) is 9.59 Å². The van der Waals surface area contributed by atoms with Crippen LogP contribution in [0.25, 0.3) is 0 Å². The minimum Gasteiger partial charge on any atom is -0.369 e. The predicted molar refractivity (Wildman–Crippen MR) is 126 cm³/mol. The Kier molecular flexibility index (Phi) is 7.06. The van der Waals surface area contributed by atoms with Gasteiger partial charge in [-0.25, -0.2) is 0 Å². The Morgan fingerprint density at radius 1 is 0.700 bits per heavy atom. The van der Waals surface area contributed by atoms with Gasteiger partial charge in [0.2, 0.25) is 0 Å². The number of hydrogen-bond acceptors (Lipinski definition) is 5. The van der Waals surface area contributed by atoms with E-state index in [9.17, 15) is 9.59 Å². The Bertz CT molecular complexity index is 1010. The topological polar surface area (TPSA) is 43.9 Å². The van der Waals surface area contributed by atoms with Crippen LogP contribution in [0, 0.1) is 0 Å². The fraction of sp³-hybridized carbons (Fsp3) is 0.360. The van der Waals surface area contributed by atoms with Gasteiger partial charge in [-0.2, -0.15) is 0 Å². The zero-order valence-electron chi connectivity index (χ0n) is 18.3. The quantitative estimate of drug-likeness (QED) is 0.485. The second-order valence-electron chi connectivity index (χ2n) is 8.20. The summed E-state index contributed by atoms with van der Waals surface area (Å²) in [4.78, 5) is 30.8. The SMILES string of the molecule is CN(CCc1ccccc1)c1c(N(C)C[C@@H](Cc2ccccc2)N(C)C)c(=O)c1=O. The Labute approximate surface area is 178 Å². The van der Waals surface area contributed by atoms with Crippen molar-refractivity contribution in [1.82, 2.24) is 4.90 Å². The molecule has 30 heavy (non-hydrogen) atoms. The van der Waals surface area contributed by atoms with Crippen molar-refractivity contribution in [2.24, 2.45) is 0 Å². The molecule has 0 N–H and O–H groups in total. The van der Waals surface area contributed by atoms with Crippen molar-refractivity contribution >= 4 is 11.4 Å². The maximum absolute atomic E-state index is 12.4. The molecule has 3 aromatic carbocycles. The molecule has 158 valence electrons. The molecule has 0 amide bonds. The van der Waals surface area contributed by atoms with E-state index in [1.165, 1.54) is 11.1 Å². The molecule has 5 heteroatoms. The lowest BCUT2D eigenvalue weighted by Crippen LogP contribution is -2.48. The maximum atomic E-state index is 12.4. The summed E-state index contributed by atoms with van der Waals surface area (Å²) < 4.78 is 0. The van der Waals surface area contributed by atoms with E-state index >= 15 is 0 Å². The first-order valence-electron chi connectivity index (χ1n) is 10.4. The monoisotopic (exact) mass is 405 g/mol. The highest BCUT2D eigenvalue weighted by Gasteiger charge is 2.28. The first-order chi connectivity index (χ1) is 14.4. The van der Waals surface area contributed by atoms with E-state index in [1.807, 2.05) is 60.3 Å². The van der Waals surface area contributed by atoms with Crippen molar-refractivity contribution in [2.45, 2.75) is 18.9 Å². The van der Waals surface area contributed by atoms with Crippen molar-refractivity contribution in [3.8, 4) is 0 Å². The molecule has 0 heterocycles. The first kappa shape index (κ1) is 21.8. The summed E-state index contributed by atoms with van der Waals surface area (Å²) in [6, 6.07) is 20.7. The summed E-state index contributed by atoms with van der Waals surface area (Å²) in [6.45, 7) is 1.36. The Morgan fingerprint density at radius 2 is 1.20 bits per heavy atom. The third kappa shape index (κ3) is 4.97. The van der Waals surface area contributed by atoms with Gasteiger partial charge in [-0.15, -0.1) is 0 Å². The fourth-order valence-corrected chi connectivity index (χ4v) is 3.83. The van der Waals surface area contributed by atoms with E-state index in [-0.39, 0.29) is 16.9 Å². The molecule has 0 aromatic heterocycles. The van der Waals surface area contributed by atoms with Crippen LogP contribution in [0.2, 0.25) is 0 Å². The highest BCUT2D eigenvalue weighted by Crippen LogP contribution is 2.23. The average Bonchev–Trinajstić information content (AvgIpc) is 2.75. The molecule has 3 rings (SSSR count). The standard InChI is InChI=1S/C25H31N3O2/c1-26(2)21(17-20-13-9-6-10-14-20)18-28(4)23-22(24(29)25(23)30)27(3)16-15-19-11-7-5-8-12-19/h5-14,21H,15-18H2,1-4H3/t21-/m1/s1. The molecule has 0 fully saturated rings. The molecule has 0 radical (unpaired) electrons. The summed E-state index contributed by atoms with van der Waals surface area (Å²) >= 11 is 0. The van der Waals surface area contributed by atoms with Gasteiger partial charge in [-0.05, 0) is 38.1 Å². The minimum atomic E-state index is -0.378. The lowest BCUT2D eigenvalue weighted by molar-refractivity contribution is 0.295. The molecule has 3 aromatic rings. The Morgan fingerprint density at radius 3 is 1.73 bits per heavy atom. The molecule has 0 unspecified atom stereocenters. The van der Waals surface area contributed by atoms with Crippen LogP contribution in [-0.4, -0.2) is 52.2 Å². The molecule has 0 bridgehead atoms. The van der Waals surface area contributed by atoms with Crippen molar-refractivity contribution in [3.05, 3.63) is 92.2 Å². The smallest absolute Gasteiger partial charge is 0.253 e. The van der Waals surface area contributed by atoms with Crippen molar-refractivity contribution in [3.63, 3.8) is 0 Å². The summed E-state index contributed by atoms with van der Waals surface area (Å²) in [7, 11) is 7.91. The lowest BCUT2D eigenvalue weighted by Gasteiger charge is -2.33. The molecule has 1 atom stereocenters. The van der Waals surface area contributed by atoms with E-state index < -0.39 is 0 Å². The van der Waals surface area contributed by atoms with Crippen LogP contribution < -0.4 is 20.7 Å². The minimum absolute atomic E-state index is 0.226. The Balaban J connectivity index is 1.71. The van der Waals surface area contributed by atoms with E-state index in [0.29, 0.717) is 24.5 Å². The molecule has 0 saturated heterocycles. The van der Waals surface area contributed by atoms with Crippen molar-refractivity contribution < 1.29 is 0 Å². The third-order valence-electron chi connectivity index (χ3n) is 5.73. The second kappa shape index (κ2) is 9.72. The average molecular weight is 406 g/mol. The van der Waals surface area contributed by atoms with E-state index in [0.717, 1.165) is 12.8 Å². The first-order valence-corrected chi connectivity index (χ1v) is 10.4. The molecular formula is C25H31N3O2. The van der Waals surface area contributed by atoms with Crippen molar-refractivity contribution in [1.29, 1.82) is 0 Å². The van der Waals surface area contributed by atoms with Gasteiger partial charge in [-0.1, -0.05) is 60.7 Å². The van der Waals surface area contributed by atoms with Gasteiger partial charge in [0.25, 0.3) is 10.9 Å². The van der Waals surface area contributed by atoms with E-state index in [2.05, 4.69) is 43.3 Å². The molecule has 5 nitrogen and oxygen atoms in total. The molecule has 0 aliphatic carbocycles. The normalized spacial score (nSPS) is 12.3. The van der Waals surface area contributed by atoms with Crippen LogP contribution in [0.4, 0.5) is 11.4 Å². The summed E-state index contributed by atoms with van der Waals surface area (Å²) in [6.07, 6.45) is 1.71. The lowest BCUT2D eigenvalue weighted by atomic mass is 10.0. The summed E-state index contributed by atoms with van der Waals surface area (Å²) in [5, 5.41) is 0. The zero-order valence-corrected chi connectivity index (χ0v) is 18.3. The highest BCUT2D eigenvalue weighted by atomic mass is 16.2. The van der Waals surface area contributed by atoms with Crippen LogP contribution in [0.3, 0.4) is 0 Å². The van der Waals surface area contributed by atoms with Crippen LogP contribution in [0.15, 0.2) is 70.3 Å². The zero-order chi connectivity index (χ0) is 21.7. The second-order valence-corrected chi connectivity index (χ2v) is 8.20. The van der Waals surface area contributed by atoms with Crippen LogP contribution >= 0.6 is 0 Å². The number of rotatable bonds is 10. The van der Waals surface area contributed by atoms with Gasteiger partial charge in [0.1, 0.15) is 11.4 Å². The molecule has 0 spiro atoms. The maximum Gasteiger partial charge on any atom is 0.253 e. The van der Waals surface area contributed by atoms with Gasteiger partial charge >= 0.3 is 0 Å². The van der Waals surface area contributed by atoms with Gasteiger partial charge in [0, 0.05) is 33.2 Å². The third-order valence-corrected chi connectivity index (χ3v) is 5.73. The van der Waals surface area contributed by atoms with Gasteiger partial charge in [0.05, 0.1) is 0 Å². The molecule has 0 aliphatic rings. The number of nitrogens with zero attached hydrogens (tertiary/aromatic N) is 3. The number of hydrogen-bond donors (Lipinski definition) is 0. The van der Waals surface area contributed by atoms with Crippen LogP contribution in [-0.2, 0) is 12.8 Å². The number of benzene rings is 2. The van der Waals surface area contributed by atoms with E-state index in [4.69, 9.17) is 0 Å². The largest absolute Gasteiger partial charge is 0.369 e. The molecular weight excluding hydrogens is 374 g/mol.